The first-order valence-electron chi connectivity index (χ1n) is 8.28. The predicted molar refractivity (Wildman–Crippen MR) is 99.5 cm³/mol. The zero-order valence-electron chi connectivity index (χ0n) is 14.8. The molecule has 0 saturated carbocycles. The third kappa shape index (κ3) is 3.91. The van der Waals surface area contributed by atoms with Gasteiger partial charge in [0.25, 0.3) is 0 Å². The highest BCUT2D eigenvalue weighted by Crippen LogP contribution is 2.25. The summed E-state index contributed by atoms with van der Waals surface area (Å²) in [6.45, 7) is 5.37. The van der Waals surface area contributed by atoms with Crippen molar-refractivity contribution in [2.75, 3.05) is 10.6 Å². The number of benzene rings is 2. The Morgan fingerprint density at radius 3 is 2.62 bits per heavy atom. The summed E-state index contributed by atoms with van der Waals surface area (Å²) in [5.41, 5.74) is 3.57. The Balaban J connectivity index is 1.72. The van der Waals surface area contributed by atoms with Crippen LogP contribution in [0.2, 0.25) is 0 Å². The summed E-state index contributed by atoms with van der Waals surface area (Å²) in [6, 6.07) is 9.83. The van der Waals surface area contributed by atoms with Crippen LogP contribution in [0.25, 0.3) is 11.5 Å². The van der Waals surface area contributed by atoms with E-state index >= 15 is 0 Å². The fourth-order valence-electron chi connectivity index (χ4n) is 2.50. The molecule has 1 aromatic heterocycles. The van der Waals surface area contributed by atoms with Crippen molar-refractivity contribution in [2.45, 2.75) is 26.8 Å². The summed E-state index contributed by atoms with van der Waals surface area (Å²) in [4.78, 5) is 16.5. The molecule has 0 bridgehead atoms. The quantitative estimate of drug-likeness (QED) is 0.707. The van der Waals surface area contributed by atoms with Gasteiger partial charge in [-0.25, -0.2) is 9.37 Å². The Bertz CT molecular complexity index is 923. The van der Waals surface area contributed by atoms with E-state index < -0.39 is 6.04 Å². The van der Waals surface area contributed by atoms with Crippen LogP contribution in [0.3, 0.4) is 0 Å². The normalized spacial score (nSPS) is 11.8. The Kier molecular flexibility index (Phi) is 5.02. The first-order chi connectivity index (χ1) is 12.4. The average Bonchev–Trinajstić information content (AvgIpc) is 3.14. The standard InChI is InChI=1S/C20H20FN3O2/c1-12-5-7-16(11-17(12)21)24-19(25)14(3)23-18-10-15(6-4-13(18)2)20-22-8-9-26-20/h4-11,14,23H,1-3H3,(H,24,25). The number of hydrogen-bond donors (Lipinski definition) is 2. The minimum absolute atomic E-state index is 0.255. The number of nitrogens with one attached hydrogen (secondary N) is 2. The van der Waals surface area contributed by atoms with Gasteiger partial charge in [0.15, 0.2) is 0 Å². The number of nitrogens with zero attached hydrogens (tertiary/aromatic N) is 1. The van der Waals surface area contributed by atoms with Gasteiger partial charge in [-0.1, -0.05) is 12.1 Å². The molecule has 1 atom stereocenters. The van der Waals surface area contributed by atoms with Crippen molar-refractivity contribution < 1.29 is 13.6 Å². The van der Waals surface area contributed by atoms with Gasteiger partial charge in [-0.05, 0) is 56.2 Å². The van der Waals surface area contributed by atoms with Crippen LogP contribution in [0, 0.1) is 19.7 Å². The average molecular weight is 353 g/mol. The largest absolute Gasteiger partial charge is 0.445 e. The van der Waals surface area contributed by atoms with Gasteiger partial charge >= 0.3 is 0 Å². The molecule has 134 valence electrons. The Morgan fingerprint density at radius 2 is 1.92 bits per heavy atom. The van der Waals surface area contributed by atoms with Crippen LogP contribution in [0.4, 0.5) is 15.8 Å². The number of aromatic nitrogens is 1. The van der Waals surface area contributed by atoms with Crippen LogP contribution in [-0.2, 0) is 4.79 Å². The number of aryl methyl sites for hydroxylation is 2. The van der Waals surface area contributed by atoms with E-state index in [2.05, 4.69) is 15.6 Å². The maximum atomic E-state index is 13.6. The number of hydrogen-bond acceptors (Lipinski definition) is 4. The molecular weight excluding hydrogens is 333 g/mol. The van der Waals surface area contributed by atoms with Crippen molar-refractivity contribution in [2.24, 2.45) is 0 Å². The molecule has 0 aliphatic heterocycles. The second-order valence-electron chi connectivity index (χ2n) is 6.19. The van der Waals surface area contributed by atoms with E-state index in [9.17, 15) is 9.18 Å². The SMILES string of the molecule is Cc1ccc(NC(=O)C(C)Nc2cc(-c3ncco3)ccc2C)cc1F. The molecule has 0 saturated heterocycles. The van der Waals surface area contributed by atoms with Crippen molar-refractivity contribution in [3.8, 4) is 11.5 Å². The molecule has 1 unspecified atom stereocenters. The minimum atomic E-state index is -0.516. The molecular formula is C20H20FN3O2. The number of carbonyl (C=O) groups is 1. The lowest BCUT2D eigenvalue weighted by Gasteiger charge is -2.17. The molecule has 0 fully saturated rings. The highest BCUT2D eigenvalue weighted by atomic mass is 19.1. The molecule has 0 aliphatic carbocycles. The zero-order valence-corrected chi connectivity index (χ0v) is 14.8. The van der Waals surface area contributed by atoms with E-state index in [1.165, 1.54) is 12.3 Å². The van der Waals surface area contributed by atoms with Crippen LogP contribution in [0.1, 0.15) is 18.1 Å². The highest BCUT2D eigenvalue weighted by molar-refractivity contribution is 5.96. The van der Waals surface area contributed by atoms with E-state index in [1.807, 2.05) is 25.1 Å². The summed E-state index contributed by atoms with van der Waals surface area (Å²) in [6.07, 6.45) is 3.10. The molecule has 0 spiro atoms. The van der Waals surface area contributed by atoms with Crippen LogP contribution in [0.5, 0.6) is 0 Å². The van der Waals surface area contributed by atoms with Gasteiger partial charge in [0.05, 0.1) is 6.20 Å². The van der Waals surface area contributed by atoms with Crippen molar-refractivity contribution in [1.29, 1.82) is 0 Å². The monoisotopic (exact) mass is 353 g/mol. The van der Waals surface area contributed by atoms with Crippen molar-refractivity contribution in [1.82, 2.24) is 4.98 Å². The third-order valence-corrected chi connectivity index (χ3v) is 4.12. The smallest absolute Gasteiger partial charge is 0.246 e. The van der Waals surface area contributed by atoms with Gasteiger partial charge in [0.2, 0.25) is 11.8 Å². The van der Waals surface area contributed by atoms with Crippen LogP contribution >= 0.6 is 0 Å². The molecule has 0 radical (unpaired) electrons. The van der Waals surface area contributed by atoms with Crippen LogP contribution in [0.15, 0.2) is 53.3 Å². The van der Waals surface area contributed by atoms with Crippen LogP contribution in [-0.4, -0.2) is 16.9 Å². The van der Waals surface area contributed by atoms with Gasteiger partial charge in [0, 0.05) is 16.9 Å². The minimum Gasteiger partial charge on any atom is -0.445 e. The lowest BCUT2D eigenvalue weighted by Crippen LogP contribution is -2.32. The molecule has 3 rings (SSSR count). The third-order valence-electron chi connectivity index (χ3n) is 4.12. The number of rotatable bonds is 5. The topological polar surface area (TPSA) is 67.2 Å². The van der Waals surface area contributed by atoms with E-state index in [-0.39, 0.29) is 11.7 Å². The number of anilines is 2. The second kappa shape index (κ2) is 7.39. The first-order valence-corrected chi connectivity index (χ1v) is 8.28. The van der Waals surface area contributed by atoms with Gasteiger partial charge in [-0.3, -0.25) is 4.79 Å². The van der Waals surface area contributed by atoms with Crippen molar-refractivity contribution in [3.05, 3.63) is 65.8 Å². The highest BCUT2D eigenvalue weighted by Gasteiger charge is 2.15. The molecule has 2 N–H and O–H groups in total. The van der Waals surface area contributed by atoms with E-state index in [4.69, 9.17) is 4.42 Å². The second-order valence-corrected chi connectivity index (χ2v) is 6.19. The summed E-state index contributed by atoms with van der Waals surface area (Å²) in [5.74, 6) is -0.0904. The lowest BCUT2D eigenvalue weighted by atomic mass is 10.1. The summed E-state index contributed by atoms with van der Waals surface area (Å²) >= 11 is 0. The Labute approximate surface area is 151 Å². The van der Waals surface area contributed by atoms with Crippen molar-refractivity contribution in [3.63, 3.8) is 0 Å². The first kappa shape index (κ1) is 17.7. The van der Waals surface area contributed by atoms with Gasteiger partial charge < -0.3 is 15.1 Å². The molecule has 2 aromatic carbocycles. The van der Waals surface area contributed by atoms with Gasteiger partial charge in [0.1, 0.15) is 18.1 Å². The zero-order chi connectivity index (χ0) is 18.7. The molecule has 1 heterocycles. The maximum Gasteiger partial charge on any atom is 0.246 e. The van der Waals surface area contributed by atoms with Crippen molar-refractivity contribution >= 4 is 17.3 Å². The molecule has 26 heavy (non-hydrogen) atoms. The van der Waals surface area contributed by atoms with E-state index in [0.717, 1.165) is 16.8 Å². The lowest BCUT2D eigenvalue weighted by molar-refractivity contribution is -0.116. The number of halogens is 1. The Hall–Kier alpha value is -3.15. The number of amides is 1. The summed E-state index contributed by atoms with van der Waals surface area (Å²) in [7, 11) is 0. The fraction of sp³-hybridized carbons (Fsp3) is 0.200. The summed E-state index contributed by atoms with van der Waals surface area (Å²) in [5, 5.41) is 5.90. The van der Waals surface area contributed by atoms with E-state index in [0.29, 0.717) is 17.1 Å². The molecule has 5 nitrogen and oxygen atoms in total. The fourth-order valence-corrected chi connectivity index (χ4v) is 2.50. The van der Waals surface area contributed by atoms with Gasteiger partial charge in [-0.2, -0.15) is 0 Å². The molecule has 0 aliphatic rings. The molecule has 3 aromatic rings. The number of oxazole rings is 1. The van der Waals surface area contributed by atoms with E-state index in [1.54, 1.807) is 32.2 Å². The van der Waals surface area contributed by atoms with Crippen LogP contribution < -0.4 is 10.6 Å². The molecule has 6 heteroatoms. The maximum absolute atomic E-state index is 13.6. The summed E-state index contributed by atoms with van der Waals surface area (Å²) < 4.78 is 18.9. The predicted octanol–water partition coefficient (Wildman–Crippen LogP) is 4.54. The Morgan fingerprint density at radius 1 is 1.15 bits per heavy atom. The number of carbonyl (C=O) groups excluding carboxylic acids is 1. The van der Waals surface area contributed by atoms with Gasteiger partial charge in [-0.15, -0.1) is 0 Å². The molecule has 1 amide bonds.